The van der Waals surface area contributed by atoms with Crippen LogP contribution in [0, 0.1) is 10.1 Å². The largest absolute Gasteiger partial charge is 0.454 e. The monoisotopic (exact) mass is 399 g/mol. The lowest BCUT2D eigenvalue weighted by atomic mass is 10.2. The molecule has 3 aromatic rings. The fourth-order valence-electron chi connectivity index (χ4n) is 2.52. The van der Waals surface area contributed by atoms with E-state index >= 15 is 0 Å². The first-order valence-electron chi connectivity index (χ1n) is 8.45. The van der Waals surface area contributed by atoms with Crippen LogP contribution in [-0.4, -0.2) is 26.1 Å². The molecule has 0 bridgehead atoms. The quantitative estimate of drug-likeness (QED) is 0.291. The fraction of sp³-hybridized carbons (Fsp3) is 0.211. The highest BCUT2D eigenvalue weighted by Gasteiger charge is 2.21. The van der Waals surface area contributed by atoms with Crippen LogP contribution in [0.3, 0.4) is 0 Å². The third-order valence-corrected chi connectivity index (χ3v) is 5.09. The SMILES string of the molecule is C[C@H](Sc1ccc([N+](=O)[O-])cc1)C(=O)O[C@@H](C)c1nc2ccccc2c(=O)[nH]1. The molecule has 144 valence electrons. The number of carbonyl (C=O) groups excluding carboxylic acids is 1. The molecule has 8 nitrogen and oxygen atoms in total. The lowest BCUT2D eigenvalue weighted by Gasteiger charge is -2.16. The summed E-state index contributed by atoms with van der Waals surface area (Å²) in [6, 6.07) is 12.8. The van der Waals surface area contributed by atoms with Gasteiger partial charge in [0.05, 0.1) is 15.8 Å². The smallest absolute Gasteiger partial charge is 0.319 e. The second-order valence-electron chi connectivity index (χ2n) is 6.06. The van der Waals surface area contributed by atoms with E-state index in [0.29, 0.717) is 15.8 Å². The van der Waals surface area contributed by atoms with Crippen molar-refractivity contribution in [1.29, 1.82) is 0 Å². The molecule has 1 N–H and O–H groups in total. The molecule has 0 radical (unpaired) electrons. The van der Waals surface area contributed by atoms with Gasteiger partial charge in [0.1, 0.15) is 5.25 Å². The number of para-hydroxylation sites is 1. The molecule has 0 amide bonds. The van der Waals surface area contributed by atoms with Gasteiger partial charge in [0.15, 0.2) is 11.9 Å². The molecule has 1 aromatic heterocycles. The minimum Gasteiger partial charge on any atom is -0.454 e. The Morgan fingerprint density at radius 2 is 1.86 bits per heavy atom. The number of rotatable bonds is 6. The molecule has 0 unspecified atom stereocenters. The summed E-state index contributed by atoms with van der Waals surface area (Å²) in [4.78, 5) is 42.5. The number of aromatic amines is 1. The second kappa shape index (κ2) is 8.22. The molecule has 0 saturated carbocycles. The van der Waals surface area contributed by atoms with E-state index in [2.05, 4.69) is 9.97 Å². The Kier molecular flexibility index (Phi) is 5.74. The number of nitrogens with one attached hydrogen (secondary N) is 1. The number of H-pyrrole nitrogens is 1. The average molecular weight is 399 g/mol. The third kappa shape index (κ3) is 4.37. The summed E-state index contributed by atoms with van der Waals surface area (Å²) in [5.41, 5.74) is 0.216. The number of esters is 1. The van der Waals surface area contributed by atoms with Crippen LogP contribution < -0.4 is 5.56 Å². The molecular formula is C19H17N3O5S. The number of nitro benzene ring substituents is 1. The zero-order valence-electron chi connectivity index (χ0n) is 15.1. The third-order valence-electron chi connectivity index (χ3n) is 4.00. The van der Waals surface area contributed by atoms with Gasteiger partial charge in [0.2, 0.25) is 0 Å². The minimum absolute atomic E-state index is 0.0143. The van der Waals surface area contributed by atoms with E-state index in [1.807, 2.05) is 0 Å². The predicted molar refractivity (Wildman–Crippen MR) is 105 cm³/mol. The average Bonchev–Trinajstić information content (AvgIpc) is 2.68. The summed E-state index contributed by atoms with van der Waals surface area (Å²) in [6.45, 7) is 3.31. The van der Waals surface area contributed by atoms with Crippen molar-refractivity contribution in [2.75, 3.05) is 0 Å². The molecule has 3 rings (SSSR count). The topological polar surface area (TPSA) is 115 Å². The van der Waals surface area contributed by atoms with Gasteiger partial charge in [0, 0.05) is 17.0 Å². The van der Waals surface area contributed by atoms with Crippen molar-refractivity contribution in [3.8, 4) is 0 Å². The Labute approximate surface area is 164 Å². The zero-order chi connectivity index (χ0) is 20.3. The van der Waals surface area contributed by atoms with E-state index in [0.717, 1.165) is 0 Å². The molecule has 0 fully saturated rings. The van der Waals surface area contributed by atoms with Crippen LogP contribution in [0.2, 0.25) is 0 Å². The van der Waals surface area contributed by atoms with Crippen LogP contribution in [-0.2, 0) is 9.53 Å². The standard InChI is InChI=1S/C19H17N3O5S/c1-11(17-20-16-6-4-3-5-15(16)18(23)21-17)27-19(24)12(2)28-14-9-7-13(8-10-14)22(25)26/h3-12H,1-2H3,(H,20,21,23)/t11-,12-/m0/s1. The van der Waals surface area contributed by atoms with E-state index in [9.17, 15) is 19.7 Å². The molecule has 0 saturated heterocycles. The number of hydrogen-bond donors (Lipinski definition) is 1. The van der Waals surface area contributed by atoms with Crippen molar-refractivity contribution in [3.63, 3.8) is 0 Å². The number of aromatic nitrogens is 2. The van der Waals surface area contributed by atoms with Crippen molar-refractivity contribution < 1.29 is 14.5 Å². The Morgan fingerprint density at radius 3 is 2.54 bits per heavy atom. The van der Waals surface area contributed by atoms with Crippen molar-refractivity contribution in [3.05, 3.63) is 74.8 Å². The summed E-state index contributed by atoms with van der Waals surface area (Å²) in [6.07, 6.45) is -0.732. The first-order chi connectivity index (χ1) is 13.3. The van der Waals surface area contributed by atoms with E-state index in [1.54, 1.807) is 50.2 Å². The van der Waals surface area contributed by atoms with Gasteiger partial charge in [-0.1, -0.05) is 12.1 Å². The molecule has 0 aliphatic heterocycles. The van der Waals surface area contributed by atoms with Crippen molar-refractivity contribution >= 4 is 34.3 Å². The number of fused-ring (bicyclic) bond motifs is 1. The first-order valence-corrected chi connectivity index (χ1v) is 9.33. The summed E-state index contributed by atoms with van der Waals surface area (Å²) in [5.74, 6) is -0.212. The Balaban J connectivity index is 1.68. The Morgan fingerprint density at radius 1 is 1.18 bits per heavy atom. The number of hydrogen-bond acceptors (Lipinski definition) is 7. The molecule has 0 spiro atoms. The van der Waals surface area contributed by atoms with Crippen molar-refractivity contribution in [2.45, 2.75) is 30.1 Å². The number of ether oxygens (including phenoxy) is 1. The maximum Gasteiger partial charge on any atom is 0.319 e. The van der Waals surface area contributed by atoms with Gasteiger partial charge in [-0.3, -0.25) is 19.7 Å². The molecule has 0 aliphatic carbocycles. The van der Waals surface area contributed by atoms with Gasteiger partial charge in [-0.15, -0.1) is 11.8 Å². The van der Waals surface area contributed by atoms with Crippen LogP contribution >= 0.6 is 11.8 Å². The van der Waals surface area contributed by atoms with E-state index in [1.165, 1.54) is 23.9 Å². The molecule has 0 aliphatic rings. The highest BCUT2D eigenvalue weighted by Crippen LogP contribution is 2.27. The number of non-ortho nitro benzene ring substituents is 1. The highest BCUT2D eigenvalue weighted by molar-refractivity contribution is 8.00. The summed E-state index contributed by atoms with van der Waals surface area (Å²) >= 11 is 1.23. The first kappa shape index (κ1) is 19.6. The van der Waals surface area contributed by atoms with Gasteiger partial charge < -0.3 is 9.72 Å². The maximum absolute atomic E-state index is 12.4. The molecule has 9 heteroatoms. The van der Waals surface area contributed by atoms with Crippen LogP contribution in [0.15, 0.2) is 58.2 Å². The number of nitrogens with zero attached hydrogens (tertiary/aromatic N) is 2. The van der Waals surface area contributed by atoms with Crippen molar-refractivity contribution in [1.82, 2.24) is 9.97 Å². The predicted octanol–water partition coefficient (Wildman–Crippen LogP) is 3.62. The molecule has 1 heterocycles. The highest BCUT2D eigenvalue weighted by atomic mass is 32.2. The number of nitro groups is 1. The summed E-state index contributed by atoms with van der Waals surface area (Å²) in [5, 5.41) is 10.6. The van der Waals surface area contributed by atoms with Gasteiger partial charge in [-0.2, -0.15) is 0 Å². The summed E-state index contributed by atoms with van der Waals surface area (Å²) in [7, 11) is 0. The molecule has 2 aromatic carbocycles. The second-order valence-corrected chi connectivity index (χ2v) is 7.47. The maximum atomic E-state index is 12.4. The zero-order valence-corrected chi connectivity index (χ0v) is 15.9. The van der Waals surface area contributed by atoms with Gasteiger partial charge in [0.25, 0.3) is 11.2 Å². The fourth-order valence-corrected chi connectivity index (χ4v) is 3.37. The Hall–Kier alpha value is -3.20. The number of thioether (sulfide) groups is 1. The van der Waals surface area contributed by atoms with Gasteiger partial charge >= 0.3 is 5.97 Å². The van der Waals surface area contributed by atoms with E-state index in [4.69, 9.17) is 4.74 Å². The van der Waals surface area contributed by atoms with Crippen LogP contribution in [0.25, 0.3) is 10.9 Å². The lowest BCUT2D eigenvalue weighted by Crippen LogP contribution is -2.22. The van der Waals surface area contributed by atoms with Crippen LogP contribution in [0.5, 0.6) is 0 Å². The minimum atomic E-state index is -0.732. The lowest BCUT2D eigenvalue weighted by molar-refractivity contribution is -0.384. The number of benzene rings is 2. The van der Waals surface area contributed by atoms with E-state index < -0.39 is 22.2 Å². The molecule has 2 atom stereocenters. The number of carbonyl (C=O) groups is 1. The molecule has 28 heavy (non-hydrogen) atoms. The van der Waals surface area contributed by atoms with Crippen molar-refractivity contribution in [2.24, 2.45) is 0 Å². The molecular weight excluding hydrogens is 382 g/mol. The normalized spacial score (nSPS) is 13.1. The van der Waals surface area contributed by atoms with Gasteiger partial charge in [-0.25, -0.2) is 4.98 Å². The van der Waals surface area contributed by atoms with Crippen LogP contribution in [0.4, 0.5) is 5.69 Å². The Bertz CT molecular complexity index is 1080. The van der Waals surface area contributed by atoms with E-state index in [-0.39, 0.29) is 17.1 Å². The van der Waals surface area contributed by atoms with Crippen LogP contribution in [0.1, 0.15) is 25.8 Å². The summed E-state index contributed by atoms with van der Waals surface area (Å²) < 4.78 is 5.44. The van der Waals surface area contributed by atoms with Gasteiger partial charge in [-0.05, 0) is 38.1 Å².